The fourth-order valence-electron chi connectivity index (χ4n) is 3.17. The van der Waals surface area contributed by atoms with Crippen LogP contribution in [0.25, 0.3) is 10.2 Å². The number of fused-ring (bicyclic) bond motifs is 1. The van der Waals surface area contributed by atoms with Crippen molar-refractivity contribution in [3.63, 3.8) is 0 Å². The van der Waals surface area contributed by atoms with Gasteiger partial charge in [0.15, 0.2) is 5.13 Å². The summed E-state index contributed by atoms with van der Waals surface area (Å²) in [6.07, 6.45) is 1.27. The molecule has 0 saturated carbocycles. The van der Waals surface area contributed by atoms with E-state index in [0.717, 1.165) is 45.0 Å². The molecule has 3 rings (SSSR count). The molecule has 1 heterocycles. The molecule has 0 aliphatic heterocycles. The van der Waals surface area contributed by atoms with Gasteiger partial charge in [-0.3, -0.25) is 9.69 Å². The first-order chi connectivity index (χ1) is 13.3. The number of rotatable bonds is 7. The zero-order valence-corrected chi connectivity index (χ0v) is 18.4. The van der Waals surface area contributed by atoms with Crippen molar-refractivity contribution in [2.24, 2.45) is 0 Å². The van der Waals surface area contributed by atoms with E-state index in [1.54, 1.807) is 11.3 Å². The Morgan fingerprint density at radius 2 is 1.93 bits per heavy atom. The summed E-state index contributed by atoms with van der Waals surface area (Å²) in [5, 5.41) is 1.45. The highest BCUT2D eigenvalue weighted by Crippen LogP contribution is 2.34. The Labute approximate surface area is 175 Å². The van der Waals surface area contributed by atoms with Crippen LogP contribution >= 0.6 is 22.9 Å². The smallest absolute Gasteiger partial charge is 0.233 e. The molecule has 0 aliphatic rings. The predicted molar refractivity (Wildman–Crippen MR) is 120 cm³/mol. The summed E-state index contributed by atoms with van der Waals surface area (Å²) in [6.45, 7) is 5.58. The van der Waals surface area contributed by atoms with E-state index in [0.29, 0.717) is 18.0 Å². The van der Waals surface area contributed by atoms with Crippen molar-refractivity contribution >= 4 is 44.2 Å². The molecular formula is C22H26ClN3OS. The summed E-state index contributed by atoms with van der Waals surface area (Å²) in [7, 11) is 4.09. The molecule has 0 unspecified atom stereocenters. The topological polar surface area (TPSA) is 36.4 Å². The summed E-state index contributed by atoms with van der Waals surface area (Å²) < 4.78 is 1.05. The quantitative estimate of drug-likeness (QED) is 0.539. The predicted octanol–water partition coefficient (Wildman–Crippen LogP) is 5.09. The van der Waals surface area contributed by atoms with E-state index in [-0.39, 0.29) is 5.91 Å². The molecule has 0 bridgehead atoms. The minimum Gasteiger partial charge on any atom is -0.309 e. The number of aryl methyl sites for hydroxylation is 2. The molecule has 1 aromatic heterocycles. The minimum absolute atomic E-state index is 0.0761. The first-order valence-corrected chi connectivity index (χ1v) is 10.6. The van der Waals surface area contributed by atoms with Gasteiger partial charge < -0.3 is 4.90 Å². The van der Waals surface area contributed by atoms with E-state index < -0.39 is 0 Å². The Morgan fingerprint density at radius 3 is 2.64 bits per heavy atom. The molecule has 0 N–H and O–H groups in total. The molecule has 2 aromatic carbocycles. The SMILES string of the molecule is Cc1cccc(CC(=O)N(CCCN(C)C)c2nc3c(C)c(Cl)ccc3s2)c1. The number of thiazole rings is 1. The van der Waals surface area contributed by atoms with E-state index in [1.807, 2.05) is 63.2 Å². The van der Waals surface area contributed by atoms with Crippen LogP contribution in [0.5, 0.6) is 0 Å². The first kappa shape index (κ1) is 20.8. The molecule has 4 nitrogen and oxygen atoms in total. The summed E-state index contributed by atoms with van der Waals surface area (Å²) in [4.78, 5) is 21.9. The van der Waals surface area contributed by atoms with Gasteiger partial charge in [0, 0.05) is 11.6 Å². The lowest BCUT2D eigenvalue weighted by molar-refractivity contribution is -0.118. The summed E-state index contributed by atoms with van der Waals surface area (Å²) >= 11 is 7.81. The average molecular weight is 416 g/mol. The van der Waals surface area contributed by atoms with Crippen LogP contribution in [0.2, 0.25) is 5.02 Å². The number of amides is 1. The van der Waals surface area contributed by atoms with Crippen LogP contribution in [0.4, 0.5) is 5.13 Å². The van der Waals surface area contributed by atoms with Crippen LogP contribution in [0.3, 0.4) is 0 Å². The van der Waals surface area contributed by atoms with Crippen LogP contribution in [-0.2, 0) is 11.2 Å². The Bertz CT molecular complexity index is 983. The second-order valence-corrected chi connectivity index (χ2v) is 8.80. The van der Waals surface area contributed by atoms with E-state index in [4.69, 9.17) is 16.6 Å². The number of hydrogen-bond donors (Lipinski definition) is 0. The highest BCUT2D eigenvalue weighted by Gasteiger charge is 2.21. The maximum absolute atomic E-state index is 13.2. The van der Waals surface area contributed by atoms with E-state index >= 15 is 0 Å². The number of carbonyl (C=O) groups excluding carboxylic acids is 1. The zero-order valence-electron chi connectivity index (χ0n) is 16.8. The Morgan fingerprint density at radius 1 is 1.14 bits per heavy atom. The third kappa shape index (κ3) is 4.90. The van der Waals surface area contributed by atoms with E-state index in [9.17, 15) is 4.79 Å². The van der Waals surface area contributed by atoms with Gasteiger partial charge in [-0.15, -0.1) is 0 Å². The number of halogens is 1. The number of nitrogens with zero attached hydrogens (tertiary/aromatic N) is 3. The highest BCUT2D eigenvalue weighted by molar-refractivity contribution is 7.22. The number of anilines is 1. The lowest BCUT2D eigenvalue weighted by atomic mass is 10.1. The molecule has 0 atom stereocenters. The molecule has 6 heteroatoms. The lowest BCUT2D eigenvalue weighted by Crippen LogP contribution is -2.34. The lowest BCUT2D eigenvalue weighted by Gasteiger charge is -2.21. The number of carbonyl (C=O) groups is 1. The molecule has 1 amide bonds. The van der Waals surface area contributed by atoms with Gasteiger partial charge >= 0.3 is 0 Å². The largest absolute Gasteiger partial charge is 0.309 e. The number of hydrogen-bond acceptors (Lipinski definition) is 4. The molecule has 0 saturated heterocycles. The normalized spacial score (nSPS) is 11.4. The van der Waals surface area contributed by atoms with Crippen molar-refractivity contribution in [2.75, 3.05) is 32.1 Å². The van der Waals surface area contributed by atoms with Gasteiger partial charge in [-0.1, -0.05) is 52.8 Å². The molecule has 0 fully saturated rings. The van der Waals surface area contributed by atoms with Gasteiger partial charge in [0.05, 0.1) is 16.6 Å². The third-order valence-corrected chi connectivity index (χ3v) is 6.15. The molecule has 148 valence electrons. The van der Waals surface area contributed by atoms with Crippen LogP contribution in [-0.4, -0.2) is 43.0 Å². The first-order valence-electron chi connectivity index (χ1n) is 9.41. The van der Waals surface area contributed by atoms with Gasteiger partial charge in [0.25, 0.3) is 0 Å². The van der Waals surface area contributed by atoms with Gasteiger partial charge in [-0.25, -0.2) is 4.98 Å². The van der Waals surface area contributed by atoms with Gasteiger partial charge in [-0.2, -0.15) is 0 Å². The van der Waals surface area contributed by atoms with Crippen LogP contribution in [0.1, 0.15) is 23.1 Å². The fraction of sp³-hybridized carbons (Fsp3) is 0.364. The fourth-order valence-corrected chi connectivity index (χ4v) is 4.39. The maximum atomic E-state index is 13.2. The molecule has 0 radical (unpaired) electrons. The van der Waals surface area contributed by atoms with Crippen molar-refractivity contribution in [2.45, 2.75) is 26.7 Å². The molecular weight excluding hydrogens is 390 g/mol. The number of benzene rings is 2. The van der Waals surface area contributed by atoms with Crippen molar-refractivity contribution in [3.05, 3.63) is 58.1 Å². The summed E-state index contributed by atoms with van der Waals surface area (Å²) in [5.74, 6) is 0.0761. The van der Waals surface area contributed by atoms with Crippen molar-refractivity contribution in [3.8, 4) is 0 Å². The number of aromatic nitrogens is 1. The zero-order chi connectivity index (χ0) is 20.3. The molecule has 28 heavy (non-hydrogen) atoms. The minimum atomic E-state index is 0.0761. The van der Waals surface area contributed by atoms with Crippen molar-refractivity contribution in [1.82, 2.24) is 9.88 Å². The van der Waals surface area contributed by atoms with E-state index in [1.165, 1.54) is 0 Å². The third-order valence-electron chi connectivity index (χ3n) is 4.69. The second kappa shape index (κ2) is 9.03. The summed E-state index contributed by atoms with van der Waals surface area (Å²) in [6, 6.07) is 12.0. The Hall–Kier alpha value is -1.95. The molecule has 3 aromatic rings. The van der Waals surface area contributed by atoms with E-state index in [2.05, 4.69) is 11.0 Å². The molecule has 0 aliphatic carbocycles. The van der Waals surface area contributed by atoms with Crippen LogP contribution in [0.15, 0.2) is 36.4 Å². The Kier molecular flexibility index (Phi) is 6.70. The van der Waals surface area contributed by atoms with Crippen LogP contribution in [0, 0.1) is 13.8 Å². The summed E-state index contributed by atoms with van der Waals surface area (Å²) in [5.41, 5.74) is 4.03. The van der Waals surface area contributed by atoms with Crippen molar-refractivity contribution in [1.29, 1.82) is 0 Å². The molecule has 0 spiro atoms. The van der Waals surface area contributed by atoms with Gasteiger partial charge in [0.1, 0.15) is 0 Å². The Balaban J connectivity index is 1.89. The second-order valence-electron chi connectivity index (χ2n) is 7.38. The van der Waals surface area contributed by atoms with Crippen molar-refractivity contribution < 1.29 is 4.79 Å². The van der Waals surface area contributed by atoms with Gasteiger partial charge in [0.2, 0.25) is 5.91 Å². The maximum Gasteiger partial charge on any atom is 0.233 e. The van der Waals surface area contributed by atoms with Crippen LogP contribution < -0.4 is 4.90 Å². The standard InChI is InChI=1S/C22H26ClN3OS/c1-15-7-5-8-17(13-15)14-20(27)26(12-6-11-25(3)4)22-24-21-16(2)18(23)9-10-19(21)28-22/h5,7-10,13H,6,11-12,14H2,1-4H3. The average Bonchev–Trinajstić information content (AvgIpc) is 3.06. The monoisotopic (exact) mass is 415 g/mol. The van der Waals surface area contributed by atoms with Gasteiger partial charge in [-0.05, 0) is 64.2 Å². The highest BCUT2D eigenvalue weighted by atomic mass is 35.5.